The molecule has 1 aromatic carbocycles. The molecule has 2 atom stereocenters. The van der Waals surface area contributed by atoms with E-state index in [4.69, 9.17) is 0 Å². The Hall–Kier alpha value is -1.68. The molecule has 2 N–H and O–H groups in total. The SMILES string of the molecule is C[C@@H](N[C@H]1CCc2[nH]ncc2C1)c1cccc(F)c1. The Kier molecular flexibility index (Phi) is 3.34. The molecule has 4 heteroatoms. The van der Waals surface area contributed by atoms with Gasteiger partial charge in [-0.1, -0.05) is 12.1 Å². The zero-order valence-electron chi connectivity index (χ0n) is 11.0. The van der Waals surface area contributed by atoms with E-state index in [9.17, 15) is 4.39 Å². The van der Waals surface area contributed by atoms with Gasteiger partial charge in [-0.2, -0.15) is 5.10 Å². The first-order valence-corrected chi connectivity index (χ1v) is 6.75. The van der Waals surface area contributed by atoms with E-state index in [-0.39, 0.29) is 11.9 Å². The predicted octanol–water partition coefficient (Wildman–Crippen LogP) is 2.76. The number of benzene rings is 1. The summed E-state index contributed by atoms with van der Waals surface area (Å²) in [5.41, 5.74) is 3.56. The molecule has 3 rings (SSSR count). The zero-order valence-corrected chi connectivity index (χ0v) is 11.0. The molecule has 3 nitrogen and oxygen atoms in total. The van der Waals surface area contributed by atoms with Crippen LogP contribution in [0.25, 0.3) is 0 Å². The molecule has 1 heterocycles. The van der Waals surface area contributed by atoms with E-state index >= 15 is 0 Å². The third-order valence-corrected chi connectivity index (χ3v) is 3.85. The van der Waals surface area contributed by atoms with Crippen molar-refractivity contribution in [2.45, 2.75) is 38.3 Å². The van der Waals surface area contributed by atoms with Gasteiger partial charge in [0.15, 0.2) is 0 Å². The summed E-state index contributed by atoms with van der Waals surface area (Å²) in [7, 11) is 0. The molecule has 0 fully saturated rings. The Labute approximate surface area is 112 Å². The van der Waals surface area contributed by atoms with Crippen molar-refractivity contribution in [1.82, 2.24) is 15.5 Å². The Morgan fingerprint density at radius 1 is 1.47 bits per heavy atom. The first kappa shape index (κ1) is 12.4. The number of aromatic amines is 1. The van der Waals surface area contributed by atoms with Crippen LogP contribution in [0.2, 0.25) is 0 Å². The number of fused-ring (bicyclic) bond motifs is 1. The molecule has 2 aromatic rings. The summed E-state index contributed by atoms with van der Waals surface area (Å²) in [6.07, 6.45) is 5.03. The lowest BCUT2D eigenvalue weighted by Gasteiger charge is -2.26. The number of nitrogens with zero attached hydrogens (tertiary/aromatic N) is 1. The monoisotopic (exact) mass is 259 g/mol. The zero-order chi connectivity index (χ0) is 13.2. The average Bonchev–Trinajstić information content (AvgIpc) is 2.86. The van der Waals surface area contributed by atoms with E-state index in [0.717, 1.165) is 24.8 Å². The number of aromatic nitrogens is 2. The van der Waals surface area contributed by atoms with Gasteiger partial charge < -0.3 is 5.32 Å². The maximum atomic E-state index is 13.2. The van der Waals surface area contributed by atoms with Crippen LogP contribution >= 0.6 is 0 Å². The minimum Gasteiger partial charge on any atom is -0.307 e. The van der Waals surface area contributed by atoms with Crippen LogP contribution in [-0.4, -0.2) is 16.2 Å². The van der Waals surface area contributed by atoms with E-state index in [2.05, 4.69) is 22.4 Å². The van der Waals surface area contributed by atoms with Gasteiger partial charge in [0.1, 0.15) is 5.82 Å². The maximum absolute atomic E-state index is 13.2. The predicted molar refractivity (Wildman–Crippen MR) is 72.4 cm³/mol. The highest BCUT2D eigenvalue weighted by molar-refractivity contribution is 5.23. The molecule has 0 amide bonds. The molecule has 19 heavy (non-hydrogen) atoms. The van der Waals surface area contributed by atoms with Gasteiger partial charge in [-0.15, -0.1) is 0 Å². The quantitative estimate of drug-likeness (QED) is 0.890. The maximum Gasteiger partial charge on any atom is 0.123 e. The van der Waals surface area contributed by atoms with Crippen molar-refractivity contribution in [2.75, 3.05) is 0 Å². The summed E-state index contributed by atoms with van der Waals surface area (Å²) in [5.74, 6) is -0.174. The first-order chi connectivity index (χ1) is 9.22. The van der Waals surface area contributed by atoms with E-state index in [1.807, 2.05) is 12.3 Å². The van der Waals surface area contributed by atoms with Crippen molar-refractivity contribution in [2.24, 2.45) is 0 Å². The van der Waals surface area contributed by atoms with Crippen LogP contribution in [0.4, 0.5) is 4.39 Å². The summed E-state index contributed by atoms with van der Waals surface area (Å²) in [5, 5.41) is 10.7. The molecule has 0 aliphatic heterocycles. The van der Waals surface area contributed by atoms with Crippen molar-refractivity contribution in [3.63, 3.8) is 0 Å². The van der Waals surface area contributed by atoms with Gasteiger partial charge in [-0.3, -0.25) is 5.10 Å². The normalized spacial score (nSPS) is 20.0. The lowest BCUT2D eigenvalue weighted by Crippen LogP contribution is -2.36. The Morgan fingerprint density at radius 3 is 3.21 bits per heavy atom. The molecular weight excluding hydrogens is 241 g/mol. The van der Waals surface area contributed by atoms with Gasteiger partial charge in [0.2, 0.25) is 0 Å². The minimum absolute atomic E-state index is 0.161. The molecule has 1 aliphatic carbocycles. The molecular formula is C15H18FN3. The van der Waals surface area contributed by atoms with E-state index in [1.165, 1.54) is 17.3 Å². The van der Waals surface area contributed by atoms with Gasteiger partial charge in [-0.05, 0) is 49.4 Å². The third-order valence-electron chi connectivity index (χ3n) is 3.85. The van der Waals surface area contributed by atoms with Crippen LogP contribution in [0.5, 0.6) is 0 Å². The Bertz CT molecular complexity index is 564. The van der Waals surface area contributed by atoms with Crippen molar-refractivity contribution in [1.29, 1.82) is 0 Å². The standard InChI is InChI=1S/C15H18FN3/c1-10(11-3-2-4-13(16)7-11)18-14-5-6-15-12(8-14)9-17-19-15/h2-4,7,9-10,14,18H,5-6,8H2,1H3,(H,17,19)/t10-,14+/m1/s1. The summed E-state index contributed by atoms with van der Waals surface area (Å²) in [4.78, 5) is 0. The summed E-state index contributed by atoms with van der Waals surface area (Å²) in [6, 6.07) is 7.40. The van der Waals surface area contributed by atoms with Crippen LogP contribution in [-0.2, 0) is 12.8 Å². The number of hydrogen-bond donors (Lipinski definition) is 2. The van der Waals surface area contributed by atoms with E-state index in [1.54, 1.807) is 12.1 Å². The summed E-state index contributed by atoms with van der Waals surface area (Å²) >= 11 is 0. The van der Waals surface area contributed by atoms with Crippen LogP contribution in [0, 0.1) is 5.82 Å². The molecule has 100 valence electrons. The molecule has 0 unspecified atom stereocenters. The molecule has 0 saturated heterocycles. The van der Waals surface area contributed by atoms with Crippen molar-refractivity contribution in [3.8, 4) is 0 Å². The van der Waals surface area contributed by atoms with Gasteiger partial charge in [0, 0.05) is 17.8 Å². The number of H-pyrrole nitrogens is 1. The van der Waals surface area contributed by atoms with Gasteiger partial charge in [0.05, 0.1) is 6.20 Å². The molecule has 0 saturated carbocycles. The van der Waals surface area contributed by atoms with E-state index < -0.39 is 0 Å². The highest BCUT2D eigenvalue weighted by Gasteiger charge is 2.21. The highest BCUT2D eigenvalue weighted by Crippen LogP contribution is 2.22. The van der Waals surface area contributed by atoms with Crippen LogP contribution in [0.1, 0.15) is 36.2 Å². The van der Waals surface area contributed by atoms with Gasteiger partial charge in [0.25, 0.3) is 0 Å². The molecule has 0 spiro atoms. The van der Waals surface area contributed by atoms with Gasteiger partial charge >= 0.3 is 0 Å². The number of hydrogen-bond acceptors (Lipinski definition) is 2. The van der Waals surface area contributed by atoms with Crippen LogP contribution in [0.15, 0.2) is 30.5 Å². The fourth-order valence-electron chi connectivity index (χ4n) is 2.78. The van der Waals surface area contributed by atoms with Crippen molar-refractivity contribution < 1.29 is 4.39 Å². The van der Waals surface area contributed by atoms with Crippen molar-refractivity contribution in [3.05, 3.63) is 53.1 Å². The number of nitrogens with one attached hydrogen (secondary N) is 2. The smallest absolute Gasteiger partial charge is 0.123 e. The fraction of sp³-hybridized carbons (Fsp3) is 0.400. The molecule has 1 aliphatic rings. The minimum atomic E-state index is -0.174. The Balaban J connectivity index is 1.66. The fourth-order valence-corrected chi connectivity index (χ4v) is 2.78. The second-order valence-corrected chi connectivity index (χ2v) is 5.26. The highest BCUT2D eigenvalue weighted by atomic mass is 19.1. The van der Waals surface area contributed by atoms with E-state index in [0.29, 0.717) is 6.04 Å². The number of halogens is 1. The molecule has 0 radical (unpaired) electrons. The lowest BCUT2D eigenvalue weighted by atomic mass is 9.92. The first-order valence-electron chi connectivity index (χ1n) is 6.75. The topological polar surface area (TPSA) is 40.7 Å². The summed E-state index contributed by atoms with van der Waals surface area (Å²) < 4.78 is 13.2. The largest absolute Gasteiger partial charge is 0.307 e. The second kappa shape index (κ2) is 5.13. The van der Waals surface area contributed by atoms with Crippen molar-refractivity contribution >= 4 is 0 Å². The third kappa shape index (κ3) is 2.68. The number of aryl methyl sites for hydroxylation is 1. The second-order valence-electron chi connectivity index (χ2n) is 5.26. The van der Waals surface area contributed by atoms with Crippen LogP contribution in [0.3, 0.4) is 0 Å². The lowest BCUT2D eigenvalue weighted by molar-refractivity contribution is 0.411. The Morgan fingerprint density at radius 2 is 2.37 bits per heavy atom. The summed E-state index contributed by atoms with van der Waals surface area (Å²) in [6.45, 7) is 2.08. The molecule has 0 bridgehead atoms. The average molecular weight is 259 g/mol. The number of rotatable bonds is 3. The van der Waals surface area contributed by atoms with Crippen LogP contribution < -0.4 is 5.32 Å². The molecule has 1 aromatic heterocycles. The van der Waals surface area contributed by atoms with Gasteiger partial charge in [-0.25, -0.2) is 4.39 Å².